The van der Waals surface area contributed by atoms with Gasteiger partial charge in [-0.2, -0.15) is 0 Å². The summed E-state index contributed by atoms with van der Waals surface area (Å²) in [6.07, 6.45) is 5.37. The molecule has 1 unspecified atom stereocenters. The van der Waals surface area contributed by atoms with Gasteiger partial charge in [0.25, 0.3) is 0 Å². The molecule has 0 amide bonds. The molecule has 0 aromatic carbocycles. The van der Waals surface area contributed by atoms with E-state index in [0.717, 1.165) is 0 Å². The van der Waals surface area contributed by atoms with Gasteiger partial charge in [-0.15, -0.1) is 0 Å². The molecule has 5 heteroatoms. The minimum Gasteiger partial charge on any atom is -0.481 e. The molecule has 2 N–H and O–H groups in total. The van der Waals surface area contributed by atoms with Gasteiger partial charge in [-0.1, -0.05) is 12.2 Å². The Hall–Kier alpha value is -2.43. The van der Waals surface area contributed by atoms with Crippen molar-refractivity contribution in [2.45, 2.75) is 12.8 Å². The van der Waals surface area contributed by atoms with E-state index in [2.05, 4.69) is 0 Å². The Morgan fingerprint density at radius 3 is 2.47 bits per heavy atom. The van der Waals surface area contributed by atoms with Gasteiger partial charge in [0.2, 0.25) is 0 Å². The van der Waals surface area contributed by atoms with Gasteiger partial charge in [0.1, 0.15) is 5.92 Å². The van der Waals surface area contributed by atoms with Crippen molar-refractivity contribution in [1.82, 2.24) is 0 Å². The highest BCUT2D eigenvalue weighted by Gasteiger charge is 2.44. The first-order chi connectivity index (χ1) is 9.02. The van der Waals surface area contributed by atoms with Gasteiger partial charge >= 0.3 is 11.9 Å². The van der Waals surface area contributed by atoms with Crippen LogP contribution in [0.25, 0.3) is 0 Å². The van der Waals surface area contributed by atoms with Gasteiger partial charge in [0.15, 0.2) is 5.78 Å². The SMILES string of the molecule is O=C(O)C1=C2C(=O)C=CC=C2C(C(=O)O)C2=C1CC2. The van der Waals surface area contributed by atoms with E-state index in [9.17, 15) is 24.6 Å². The molecule has 96 valence electrons. The number of fused-ring (bicyclic) bond motifs is 1. The third-order valence-electron chi connectivity index (χ3n) is 3.76. The molecule has 3 rings (SSSR count). The second kappa shape index (κ2) is 3.78. The normalized spacial score (nSPS) is 24.5. The maximum atomic E-state index is 11.9. The Morgan fingerprint density at radius 1 is 1.21 bits per heavy atom. The van der Waals surface area contributed by atoms with Gasteiger partial charge in [-0.3, -0.25) is 9.59 Å². The molecular weight excluding hydrogens is 248 g/mol. The highest BCUT2D eigenvalue weighted by molar-refractivity contribution is 6.16. The minimum atomic E-state index is -1.17. The summed E-state index contributed by atoms with van der Waals surface area (Å²) >= 11 is 0. The standard InChI is InChI=1S/C14H10O5/c15-9-3-1-2-8-10(13(16)17)6-4-5-7(6)12(11(8)9)14(18)19/h1-3,10H,4-5H2,(H,16,17)(H,18,19). The van der Waals surface area contributed by atoms with Gasteiger partial charge < -0.3 is 10.2 Å². The third kappa shape index (κ3) is 1.44. The second-order valence-electron chi connectivity index (χ2n) is 4.68. The van der Waals surface area contributed by atoms with Gasteiger partial charge in [0.05, 0.1) is 5.57 Å². The Bertz CT molecular complexity index is 657. The van der Waals surface area contributed by atoms with Crippen LogP contribution in [0.4, 0.5) is 0 Å². The van der Waals surface area contributed by atoms with Crippen LogP contribution in [0.1, 0.15) is 12.8 Å². The zero-order chi connectivity index (χ0) is 13.7. The molecule has 0 aromatic heterocycles. The summed E-state index contributed by atoms with van der Waals surface area (Å²) in [6, 6.07) is 0. The van der Waals surface area contributed by atoms with E-state index in [1.54, 1.807) is 0 Å². The fraction of sp³-hybridized carbons (Fsp3) is 0.214. The van der Waals surface area contributed by atoms with Crippen molar-refractivity contribution in [1.29, 1.82) is 0 Å². The van der Waals surface area contributed by atoms with Crippen LogP contribution in [0.3, 0.4) is 0 Å². The summed E-state index contributed by atoms with van der Waals surface area (Å²) in [4.78, 5) is 34.7. The Kier molecular flexibility index (Phi) is 2.32. The first-order valence-corrected chi connectivity index (χ1v) is 5.88. The molecule has 3 aliphatic rings. The van der Waals surface area contributed by atoms with Crippen molar-refractivity contribution in [2.75, 3.05) is 0 Å². The average Bonchev–Trinajstić information content (AvgIpc) is 2.30. The Balaban J connectivity index is 2.30. The van der Waals surface area contributed by atoms with Crippen molar-refractivity contribution < 1.29 is 24.6 Å². The van der Waals surface area contributed by atoms with Crippen LogP contribution in [0.2, 0.25) is 0 Å². The summed E-state index contributed by atoms with van der Waals surface area (Å²) < 4.78 is 0. The lowest BCUT2D eigenvalue weighted by Gasteiger charge is -2.36. The first-order valence-electron chi connectivity index (χ1n) is 5.88. The van der Waals surface area contributed by atoms with Crippen molar-refractivity contribution in [3.05, 3.63) is 46.1 Å². The van der Waals surface area contributed by atoms with Crippen LogP contribution in [0.5, 0.6) is 0 Å². The molecule has 0 saturated carbocycles. The van der Waals surface area contributed by atoms with Crippen molar-refractivity contribution >= 4 is 17.7 Å². The number of carbonyl (C=O) groups is 3. The molecule has 0 bridgehead atoms. The van der Waals surface area contributed by atoms with E-state index < -0.39 is 23.6 Å². The number of allylic oxidation sites excluding steroid dienone is 4. The number of aliphatic carboxylic acids is 2. The van der Waals surface area contributed by atoms with E-state index >= 15 is 0 Å². The van der Waals surface area contributed by atoms with Crippen LogP contribution in [0.15, 0.2) is 46.1 Å². The summed E-state index contributed by atoms with van der Waals surface area (Å²) in [5.74, 6) is -3.51. The Morgan fingerprint density at radius 2 is 1.95 bits per heavy atom. The zero-order valence-corrected chi connectivity index (χ0v) is 9.84. The highest BCUT2D eigenvalue weighted by Crippen LogP contribution is 2.49. The van der Waals surface area contributed by atoms with Crippen LogP contribution >= 0.6 is 0 Å². The number of rotatable bonds is 2. The number of hydrogen-bond donors (Lipinski definition) is 2. The molecule has 0 heterocycles. The number of carboxylic acid groups (broad SMARTS) is 2. The maximum absolute atomic E-state index is 11.9. The molecule has 0 aromatic rings. The van der Waals surface area contributed by atoms with E-state index in [0.29, 0.717) is 29.6 Å². The second-order valence-corrected chi connectivity index (χ2v) is 4.68. The lowest BCUT2D eigenvalue weighted by atomic mass is 9.65. The van der Waals surface area contributed by atoms with Gasteiger partial charge in [-0.05, 0) is 35.6 Å². The van der Waals surface area contributed by atoms with Gasteiger partial charge in [0, 0.05) is 5.57 Å². The summed E-state index contributed by atoms with van der Waals surface area (Å²) in [5.41, 5.74) is 1.48. The molecule has 5 nitrogen and oxygen atoms in total. The molecule has 19 heavy (non-hydrogen) atoms. The van der Waals surface area contributed by atoms with Crippen molar-refractivity contribution in [2.24, 2.45) is 5.92 Å². The predicted octanol–water partition coefficient (Wildman–Crippen LogP) is 1.24. The molecule has 0 radical (unpaired) electrons. The maximum Gasteiger partial charge on any atom is 0.336 e. The number of carbonyl (C=O) groups excluding carboxylic acids is 1. The molecule has 3 aliphatic carbocycles. The molecule has 0 saturated heterocycles. The summed E-state index contributed by atoms with van der Waals surface area (Å²) in [5, 5.41) is 18.6. The highest BCUT2D eigenvalue weighted by atomic mass is 16.4. The van der Waals surface area contributed by atoms with Crippen LogP contribution in [-0.4, -0.2) is 27.9 Å². The lowest BCUT2D eigenvalue weighted by Crippen LogP contribution is -2.34. The number of ketones is 1. The smallest absolute Gasteiger partial charge is 0.336 e. The van der Waals surface area contributed by atoms with Crippen molar-refractivity contribution in [3.63, 3.8) is 0 Å². The topological polar surface area (TPSA) is 91.7 Å². The van der Waals surface area contributed by atoms with Crippen LogP contribution in [0, 0.1) is 5.92 Å². The lowest BCUT2D eigenvalue weighted by molar-refractivity contribution is -0.139. The molecule has 0 aliphatic heterocycles. The van der Waals surface area contributed by atoms with Crippen LogP contribution in [-0.2, 0) is 14.4 Å². The fourth-order valence-corrected chi connectivity index (χ4v) is 2.91. The van der Waals surface area contributed by atoms with E-state index in [4.69, 9.17) is 0 Å². The molecule has 1 atom stereocenters. The quantitative estimate of drug-likeness (QED) is 0.777. The number of hydrogen-bond acceptors (Lipinski definition) is 3. The molecule has 0 spiro atoms. The molecule has 0 fully saturated rings. The number of carboxylic acids is 2. The summed E-state index contributed by atoms with van der Waals surface area (Å²) in [7, 11) is 0. The first kappa shape index (κ1) is 11.6. The van der Waals surface area contributed by atoms with E-state index in [1.165, 1.54) is 18.2 Å². The fourth-order valence-electron chi connectivity index (χ4n) is 2.91. The Labute approximate surface area is 108 Å². The molecular formula is C14H10O5. The average molecular weight is 258 g/mol. The monoisotopic (exact) mass is 258 g/mol. The zero-order valence-electron chi connectivity index (χ0n) is 9.84. The van der Waals surface area contributed by atoms with E-state index in [1.807, 2.05) is 0 Å². The minimum absolute atomic E-state index is 0.0145. The largest absolute Gasteiger partial charge is 0.481 e. The third-order valence-corrected chi connectivity index (χ3v) is 3.76. The van der Waals surface area contributed by atoms with Crippen LogP contribution < -0.4 is 0 Å². The van der Waals surface area contributed by atoms with E-state index in [-0.39, 0.29) is 11.1 Å². The predicted molar refractivity (Wildman–Crippen MR) is 64.3 cm³/mol. The van der Waals surface area contributed by atoms with Gasteiger partial charge in [-0.25, -0.2) is 4.79 Å². The summed E-state index contributed by atoms with van der Waals surface area (Å²) in [6.45, 7) is 0. The van der Waals surface area contributed by atoms with Crippen molar-refractivity contribution in [3.8, 4) is 0 Å².